The Bertz CT molecular complexity index is 702. The van der Waals surface area contributed by atoms with Crippen LogP contribution in [0.5, 0.6) is 5.75 Å². The van der Waals surface area contributed by atoms with Gasteiger partial charge in [-0.05, 0) is 55.1 Å². The Morgan fingerprint density at radius 1 is 1.04 bits per heavy atom. The topological polar surface area (TPSA) is 78.8 Å². The van der Waals surface area contributed by atoms with Crippen molar-refractivity contribution in [2.75, 3.05) is 19.7 Å². The lowest BCUT2D eigenvalue weighted by Crippen LogP contribution is -2.40. The summed E-state index contributed by atoms with van der Waals surface area (Å²) in [5.74, 6) is -0.310. The van der Waals surface area contributed by atoms with E-state index in [4.69, 9.17) is 4.74 Å². The summed E-state index contributed by atoms with van der Waals surface area (Å²) >= 11 is 0. The van der Waals surface area contributed by atoms with Crippen LogP contribution in [0.25, 0.3) is 0 Å². The highest BCUT2D eigenvalue weighted by Crippen LogP contribution is 2.32. The molecule has 0 amide bonds. The number of hydrogen-bond donors (Lipinski definition) is 3. The molecule has 1 fully saturated rings. The van der Waals surface area contributed by atoms with Crippen molar-refractivity contribution in [1.82, 2.24) is 5.32 Å². The van der Waals surface area contributed by atoms with Gasteiger partial charge in [0.2, 0.25) is 5.60 Å². The molecule has 26 heavy (non-hydrogen) atoms. The molecule has 3 rings (SSSR count). The van der Waals surface area contributed by atoms with Gasteiger partial charge < -0.3 is 20.3 Å². The van der Waals surface area contributed by atoms with E-state index in [1.54, 1.807) is 24.3 Å². The number of rotatable bonds is 5. The Hall–Kier alpha value is -2.02. The molecule has 1 aliphatic heterocycles. The highest BCUT2D eigenvalue weighted by molar-refractivity contribution is 7.59. The first kappa shape index (κ1) is 20.3. The van der Waals surface area contributed by atoms with Crippen molar-refractivity contribution in [3.8, 4) is 5.75 Å². The first-order valence-corrected chi connectivity index (χ1v) is 8.56. The van der Waals surface area contributed by atoms with Crippen molar-refractivity contribution in [3.05, 3.63) is 65.7 Å². The second-order valence-corrected chi connectivity index (χ2v) is 6.42. The Kier molecular flexibility index (Phi) is 7.08. The van der Waals surface area contributed by atoms with Crippen molar-refractivity contribution in [1.29, 1.82) is 0 Å². The van der Waals surface area contributed by atoms with Crippen LogP contribution >= 0.6 is 13.5 Å². The van der Waals surface area contributed by atoms with Gasteiger partial charge in [0.15, 0.2) is 0 Å². The number of aromatic hydroxyl groups is 1. The summed E-state index contributed by atoms with van der Waals surface area (Å²) in [5, 5.41) is 24.1. The van der Waals surface area contributed by atoms with E-state index in [0.29, 0.717) is 23.7 Å². The molecule has 0 aliphatic carbocycles. The fraction of sp³-hybridized carbons (Fsp3) is 0.350. The minimum atomic E-state index is -1.90. The third-order valence-corrected chi connectivity index (χ3v) is 4.68. The van der Waals surface area contributed by atoms with Crippen LogP contribution in [0.1, 0.15) is 24.0 Å². The predicted octanol–water partition coefficient (Wildman–Crippen LogP) is 2.28. The van der Waals surface area contributed by atoms with Crippen molar-refractivity contribution in [3.63, 3.8) is 0 Å². The Morgan fingerprint density at radius 3 is 2.23 bits per heavy atom. The maximum atomic E-state index is 12.8. The molecule has 2 aromatic carbocycles. The van der Waals surface area contributed by atoms with E-state index in [2.05, 4.69) is 5.32 Å². The summed E-state index contributed by atoms with van der Waals surface area (Å²) in [6.45, 7) is 2.14. The van der Waals surface area contributed by atoms with E-state index in [1.165, 1.54) is 24.3 Å². The van der Waals surface area contributed by atoms with Gasteiger partial charge in [0.1, 0.15) is 5.75 Å². The van der Waals surface area contributed by atoms with Gasteiger partial charge in [-0.3, -0.25) is 0 Å². The quantitative estimate of drug-likeness (QED) is 0.699. The molecule has 1 saturated heterocycles. The van der Waals surface area contributed by atoms with Crippen molar-refractivity contribution in [2.24, 2.45) is 5.92 Å². The van der Waals surface area contributed by atoms with E-state index >= 15 is 0 Å². The smallest absolute Gasteiger partial charge is 0.347 e. The Labute approximate surface area is 160 Å². The second kappa shape index (κ2) is 9.07. The van der Waals surface area contributed by atoms with Crippen LogP contribution in [0.2, 0.25) is 0 Å². The molecule has 1 atom stereocenters. The maximum absolute atomic E-state index is 12.8. The van der Waals surface area contributed by atoms with Crippen LogP contribution < -0.4 is 5.32 Å². The lowest BCUT2D eigenvalue weighted by molar-refractivity contribution is -0.163. The van der Waals surface area contributed by atoms with E-state index in [0.717, 1.165) is 25.9 Å². The fourth-order valence-electron chi connectivity index (χ4n) is 3.13. The van der Waals surface area contributed by atoms with Crippen LogP contribution in [0, 0.1) is 5.92 Å². The van der Waals surface area contributed by atoms with Crippen LogP contribution in [0.15, 0.2) is 54.6 Å². The van der Waals surface area contributed by atoms with E-state index in [9.17, 15) is 15.0 Å². The third kappa shape index (κ3) is 4.38. The lowest BCUT2D eigenvalue weighted by Gasteiger charge is -2.29. The number of nitrogens with one attached hydrogen (secondary N) is 1. The molecule has 3 N–H and O–H groups in total. The zero-order valence-electron chi connectivity index (χ0n) is 14.5. The first-order valence-electron chi connectivity index (χ1n) is 8.56. The molecule has 6 heteroatoms. The average molecular weight is 375 g/mol. The van der Waals surface area contributed by atoms with E-state index < -0.39 is 11.6 Å². The predicted molar refractivity (Wildman–Crippen MR) is 104 cm³/mol. The number of carbonyl (C=O) groups excluding carboxylic acids is 1. The normalized spacial score (nSPS) is 17.0. The number of esters is 1. The summed E-state index contributed by atoms with van der Waals surface area (Å²) < 4.78 is 5.51. The maximum Gasteiger partial charge on any atom is 0.347 e. The molecular weight excluding hydrogens is 350 g/mol. The summed E-state index contributed by atoms with van der Waals surface area (Å²) in [6, 6.07) is 14.7. The van der Waals surface area contributed by atoms with E-state index in [1.807, 2.05) is 6.07 Å². The monoisotopic (exact) mass is 375 g/mol. The molecule has 140 valence electrons. The van der Waals surface area contributed by atoms with Gasteiger partial charge in [0.25, 0.3) is 0 Å². The number of ether oxygens (including phenoxy) is 1. The highest BCUT2D eigenvalue weighted by atomic mass is 32.1. The molecule has 0 radical (unpaired) electrons. The molecule has 0 bridgehead atoms. The van der Waals surface area contributed by atoms with Crippen molar-refractivity contribution < 1.29 is 19.7 Å². The van der Waals surface area contributed by atoms with Crippen LogP contribution in [0.4, 0.5) is 0 Å². The molecular formula is C20H25NO4S. The molecule has 0 aromatic heterocycles. The number of phenolic OH excluding ortho intramolecular Hbond substituents is 1. The molecule has 0 unspecified atom stereocenters. The summed E-state index contributed by atoms with van der Waals surface area (Å²) in [4.78, 5) is 12.8. The van der Waals surface area contributed by atoms with Gasteiger partial charge in [-0.15, -0.1) is 0 Å². The van der Waals surface area contributed by atoms with E-state index in [-0.39, 0.29) is 19.2 Å². The summed E-state index contributed by atoms with van der Waals surface area (Å²) in [7, 11) is 0. The van der Waals surface area contributed by atoms with Gasteiger partial charge in [-0.2, -0.15) is 13.5 Å². The molecule has 2 aromatic rings. The molecule has 5 nitrogen and oxygen atoms in total. The van der Waals surface area contributed by atoms with Gasteiger partial charge in [0, 0.05) is 0 Å². The zero-order valence-corrected chi connectivity index (χ0v) is 15.5. The van der Waals surface area contributed by atoms with Crippen molar-refractivity contribution >= 4 is 19.5 Å². The third-order valence-electron chi connectivity index (χ3n) is 4.68. The lowest BCUT2D eigenvalue weighted by atomic mass is 9.86. The van der Waals surface area contributed by atoms with Crippen LogP contribution in [0.3, 0.4) is 0 Å². The number of benzene rings is 2. The van der Waals surface area contributed by atoms with Crippen LogP contribution in [-0.4, -0.2) is 35.9 Å². The molecule has 1 heterocycles. The Morgan fingerprint density at radius 2 is 1.62 bits per heavy atom. The van der Waals surface area contributed by atoms with Gasteiger partial charge >= 0.3 is 5.97 Å². The minimum absolute atomic E-state index is 0. The average Bonchev–Trinajstić information content (AvgIpc) is 2.67. The number of phenols is 1. The first-order chi connectivity index (χ1) is 12.1. The summed E-state index contributed by atoms with van der Waals surface area (Å²) in [5.41, 5.74) is -1.09. The SMILES string of the molecule is O=C(OCC1CCNCC1)[C@](O)(c1ccccc1)c1ccc(O)cc1.S. The number of aliphatic hydroxyl groups is 1. The second-order valence-electron chi connectivity index (χ2n) is 6.42. The molecule has 0 saturated carbocycles. The molecule has 0 spiro atoms. The van der Waals surface area contributed by atoms with Gasteiger partial charge in [-0.1, -0.05) is 42.5 Å². The number of hydrogen-bond acceptors (Lipinski definition) is 5. The van der Waals surface area contributed by atoms with Gasteiger partial charge in [0.05, 0.1) is 6.61 Å². The fourth-order valence-corrected chi connectivity index (χ4v) is 3.13. The standard InChI is InChI=1S/C20H23NO4.H2S/c22-18-8-6-17(7-9-18)20(24,16-4-2-1-3-5-16)19(23)25-14-15-10-12-21-13-11-15;/h1-9,15,21-22,24H,10-14H2;1H2/t20-;/m0./s1. The van der Waals surface area contributed by atoms with Crippen LogP contribution in [-0.2, 0) is 15.1 Å². The highest BCUT2D eigenvalue weighted by Gasteiger charge is 2.42. The van der Waals surface area contributed by atoms with Crippen molar-refractivity contribution in [2.45, 2.75) is 18.4 Å². The summed E-state index contributed by atoms with van der Waals surface area (Å²) in [6.07, 6.45) is 1.91. The number of piperidine rings is 1. The number of carbonyl (C=O) groups is 1. The molecule has 1 aliphatic rings. The minimum Gasteiger partial charge on any atom is -0.508 e. The Balaban J connectivity index is 0.00000243. The zero-order chi connectivity index (χ0) is 17.7. The largest absolute Gasteiger partial charge is 0.508 e. The van der Waals surface area contributed by atoms with Gasteiger partial charge in [-0.25, -0.2) is 4.79 Å².